The van der Waals surface area contributed by atoms with Gasteiger partial charge in [0.2, 0.25) is 0 Å². The average molecular weight is 368 g/mol. The molecule has 0 radical (unpaired) electrons. The molecule has 0 unspecified atom stereocenters. The number of hydrogen-bond acceptors (Lipinski definition) is 6. The molecule has 0 atom stereocenters. The summed E-state index contributed by atoms with van der Waals surface area (Å²) in [6, 6.07) is 2.28. The van der Waals surface area contributed by atoms with E-state index in [-0.39, 0.29) is 11.7 Å². The van der Waals surface area contributed by atoms with E-state index >= 15 is 0 Å². The summed E-state index contributed by atoms with van der Waals surface area (Å²) >= 11 is 0. The summed E-state index contributed by atoms with van der Waals surface area (Å²) < 4.78 is 14.9. The first-order valence-corrected chi connectivity index (χ1v) is 10.1. The molecule has 142 valence electrons. The highest BCUT2D eigenvalue weighted by Gasteiger charge is 2.29. The smallest absolute Gasteiger partial charge is 0.187 e. The number of anilines is 2. The fourth-order valence-corrected chi connectivity index (χ4v) is 4.00. The van der Waals surface area contributed by atoms with Crippen LogP contribution in [-0.2, 0) is 0 Å². The van der Waals surface area contributed by atoms with Gasteiger partial charge in [0.25, 0.3) is 0 Å². The second kappa shape index (κ2) is 7.02. The SMILES string of the molecule is Fc1c(C2CCC2)ncnc1N1CCC(Nc2ccnc(C3CC3)n2)CC1. The molecule has 2 aromatic rings. The molecule has 3 fully saturated rings. The molecule has 5 rings (SSSR count). The van der Waals surface area contributed by atoms with E-state index in [0.717, 1.165) is 50.4 Å². The van der Waals surface area contributed by atoms with Crippen LogP contribution in [0.5, 0.6) is 0 Å². The lowest BCUT2D eigenvalue weighted by Gasteiger charge is -2.34. The Morgan fingerprint density at radius 3 is 2.48 bits per heavy atom. The Morgan fingerprint density at radius 1 is 0.963 bits per heavy atom. The molecule has 0 bridgehead atoms. The van der Waals surface area contributed by atoms with Crippen LogP contribution in [0.3, 0.4) is 0 Å². The topological polar surface area (TPSA) is 66.8 Å². The van der Waals surface area contributed by atoms with E-state index < -0.39 is 0 Å². The van der Waals surface area contributed by atoms with Gasteiger partial charge in [-0.1, -0.05) is 6.42 Å². The Labute approximate surface area is 158 Å². The van der Waals surface area contributed by atoms with Crippen molar-refractivity contribution in [1.82, 2.24) is 19.9 Å². The first-order valence-electron chi connectivity index (χ1n) is 10.1. The molecule has 1 N–H and O–H groups in total. The molecule has 27 heavy (non-hydrogen) atoms. The highest BCUT2D eigenvalue weighted by Crippen LogP contribution is 2.39. The van der Waals surface area contributed by atoms with Crippen LogP contribution < -0.4 is 10.2 Å². The van der Waals surface area contributed by atoms with Gasteiger partial charge in [0, 0.05) is 37.2 Å². The molecule has 0 aromatic carbocycles. The van der Waals surface area contributed by atoms with Crippen molar-refractivity contribution >= 4 is 11.6 Å². The lowest BCUT2D eigenvalue weighted by Crippen LogP contribution is -2.40. The molecule has 7 heteroatoms. The molecule has 1 saturated heterocycles. The van der Waals surface area contributed by atoms with Crippen molar-refractivity contribution in [3.05, 3.63) is 35.9 Å². The Morgan fingerprint density at radius 2 is 1.78 bits per heavy atom. The van der Waals surface area contributed by atoms with Gasteiger partial charge < -0.3 is 10.2 Å². The molecule has 0 spiro atoms. The maximum absolute atomic E-state index is 14.9. The van der Waals surface area contributed by atoms with E-state index in [0.29, 0.717) is 23.5 Å². The summed E-state index contributed by atoms with van der Waals surface area (Å²) in [6.07, 6.45) is 10.9. The Bertz CT molecular complexity index is 812. The highest BCUT2D eigenvalue weighted by atomic mass is 19.1. The van der Waals surface area contributed by atoms with Gasteiger partial charge in [-0.3, -0.25) is 0 Å². The minimum absolute atomic E-state index is 0.210. The first kappa shape index (κ1) is 16.8. The predicted octanol–water partition coefficient (Wildman–Crippen LogP) is 3.63. The van der Waals surface area contributed by atoms with Gasteiger partial charge in [-0.15, -0.1) is 0 Å². The van der Waals surface area contributed by atoms with E-state index in [1.165, 1.54) is 25.6 Å². The van der Waals surface area contributed by atoms with Crippen molar-refractivity contribution in [1.29, 1.82) is 0 Å². The Kier molecular flexibility index (Phi) is 4.38. The summed E-state index contributed by atoms with van der Waals surface area (Å²) in [5.41, 5.74) is 0.611. The van der Waals surface area contributed by atoms with Gasteiger partial charge in [-0.25, -0.2) is 24.3 Å². The standard InChI is InChI=1S/C20H25FN6/c21-17-18(13-2-1-3-13)23-12-24-20(17)27-10-7-15(8-11-27)25-16-6-9-22-19(26-16)14-4-5-14/h6,9,12-15H,1-5,7-8,10-11H2,(H,22,25,26). The number of rotatable bonds is 5. The number of halogens is 1. The van der Waals surface area contributed by atoms with Crippen molar-refractivity contribution in [2.75, 3.05) is 23.3 Å². The lowest BCUT2D eigenvalue weighted by atomic mass is 9.82. The third kappa shape index (κ3) is 3.47. The normalized spacial score (nSPS) is 21.1. The Balaban J connectivity index is 1.22. The van der Waals surface area contributed by atoms with Crippen LogP contribution in [0.15, 0.2) is 18.6 Å². The number of piperidine rings is 1. The van der Waals surface area contributed by atoms with E-state index in [1.807, 2.05) is 12.3 Å². The number of nitrogens with one attached hydrogen (secondary N) is 1. The molecule has 1 aliphatic heterocycles. The maximum Gasteiger partial charge on any atom is 0.187 e. The minimum Gasteiger partial charge on any atom is -0.367 e. The third-order valence-corrected chi connectivity index (χ3v) is 6.05. The van der Waals surface area contributed by atoms with Crippen LogP contribution in [0, 0.1) is 5.82 Å². The second-order valence-electron chi connectivity index (χ2n) is 8.00. The fourth-order valence-electron chi connectivity index (χ4n) is 4.00. The summed E-state index contributed by atoms with van der Waals surface area (Å²) in [7, 11) is 0. The van der Waals surface area contributed by atoms with Crippen LogP contribution in [0.25, 0.3) is 0 Å². The minimum atomic E-state index is -0.210. The molecular formula is C20H25FN6. The third-order valence-electron chi connectivity index (χ3n) is 6.05. The van der Waals surface area contributed by atoms with Crippen molar-refractivity contribution < 1.29 is 4.39 Å². The van der Waals surface area contributed by atoms with Gasteiger partial charge in [0.05, 0.1) is 5.69 Å². The van der Waals surface area contributed by atoms with E-state index in [2.05, 4.69) is 30.2 Å². The monoisotopic (exact) mass is 368 g/mol. The predicted molar refractivity (Wildman–Crippen MR) is 101 cm³/mol. The van der Waals surface area contributed by atoms with Gasteiger partial charge in [0.1, 0.15) is 18.0 Å². The quantitative estimate of drug-likeness (QED) is 0.869. The summed E-state index contributed by atoms with van der Waals surface area (Å²) in [5, 5.41) is 3.53. The van der Waals surface area contributed by atoms with Crippen LogP contribution in [0.2, 0.25) is 0 Å². The van der Waals surface area contributed by atoms with Gasteiger partial charge in [0.15, 0.2) is 11.6 Å². The zero-order chi connectivity index (χ0) is 18.2. The summed E-state index contributed by atoms with van der Waals surface area (Å²) in [4.78, 5) is 19.6. The Hall–Kier alpha value is -2.31. The van der Waals surface area contributed by atoms with Crippen LogP contribution in [0.4, 0.5) is 16.0 Å². The van der Waals surface area contributed by atoms with Gasteiger partial charge in [-0.05, 0) is 44.6 Å². The van der Waals surface area contributed by atoms with Gasteiger partial charge >= 0.3 is 0 Å². The largest absolute Gasteiger partial charge is 0.367 e. The molecule has 6 nitrogen and oxygen atoms in total. The van der Waals surface area contributed by atoms with E-state index in [9.17, 15) is 4.39 Å². The number of aromatic nitrogens is 4. The van der Waals surface area contributed by atoms with Gasteiger partial charge in [-0.2, -0.15) is 0 Å². The first-order chi connectivity index (χ1) is 13.3. The molecule has 2 saturated carbocycles. The highest BCUT2D eigenvalue weighted by molar-refractivity contribution is 5.43. The molecule has 2 aliphatic carbocycles. The molecule has 2 aromatic heterocycles. The van der Waals surface area contributed by atoms with E-state index in [4.69, 9.17) is 0 Å². The fraction of sp³-hybridized carbons (Fsp3) is 0.600. The van der Waals surface area contributed by atoms with Crippen molar-refractivity contribution in [2.45, 2.75) is 62.8 Å². The number of hydrogen-bond donors (Lipinski definition) is 1. The maximum atomic E-state index is 14.9. The molecular weight excluding hydrogens is 343 g/mol. The zero-order valence-electron chi connectivity index (χ0n) is 15.4. The second-order valence-corrected chi connectivity index (χ2v) is 8.00. The summed E-state index contributed by atoms with van der Waals surface area (Å²) in [6.45, 7) is 1.58. The lowest BCUT2D eigenvalue weighted by molar-refractivity contribution is 0.391. The average Bonchev–Trinajstić information content (AvgIpc) is 3.48. The molecule has 0 amide bonds. The van der Waals surface area contributed by atoms with Crippen molar-refractivity contribution in [2.24, 2.45) is 0 Å². The summed E-state index contributed by atoms with van der Waals surface area (Å²) in [5.74, 6) is 2.97. The zero-order valence-corrected chi connectivity index (χ0v) is 15.4. The van der Waals surface area contributed by atoms with Crippen LogP contribution in [0.1, 0.15) is 68.3 Å². The van der Waals surface area contributed by atoms with Crippen molar-refractivity contribution in [3.8, 4) is 0 Å². The molecule has 3 aliphatic rings. The molecule has 3 heterocycles. The van der Waals surface area contributed by atoms with Crippen LogP contribution in [-0.4, -0.2) is 39.1 Å². The van der Waals surface area contributed by atoms with Crippen LogP contribution >= 0.6 is 0 Å². The number of nitrogens with zero attached hydrogens (tertiary/aromatic N) is 5. The van der Waals surface area contributed by atoms with Crippen molar-refractivity contribution in [3.63, 3.8) is 0 Å². The van der Waals surface area contributed by atoms with E-state index in [1.54, 1.807) is 0 Å².